The van der Waals surface area contributed by atoms with Crippen LogP contribution in [0.15, 0.2) is 12.3 Å². The molecule has 1 saturated carbocycles. The van der Waals surface area contributed by atoms with Gasteiger partial charge in [-0.15, -0.1) is 0 Å². The van der Waals surface area contributed by atoms with E-state index in [1.165, 1.54) is 55.7 Å². The van der Waals surface area contributed by atoms with E-state index in [9.17, 15) is 0 Å². The topological polar surface area (TPSA) is 29.9 Å². The van der Waals surface area contributed by atoms with Crippen LogP contribution in [-0.2, 0) is 6.42 Å². The third-order valence-corrected chi connectivity index (χ3v) is 6.20. The lowest BCUT2D eigenvalue weighted by Gasteiger charge is -2.22. The summed E-state index contributed by atoms with van der Waals surface area (Å²) in [5.41, 5.74) is 1.30. The summed E-state index contributed by atoms with van der Waals surface area (Å²) in [6, 6.07) is 3.61. The highest BCUT2D eigenvalue weighted by atomic mass is 32.2. The Bertz CT molecular complexity index is 425. The molecule has 2 aliphatic rings. The van der Waals surface area contributed by atoms with Gasteiger partial charge in [0.15, 0.2) is 0 Å². The summed E-state index contributed by atoms with van der Waals surface area (Å²) in [5.74, 6) is 3.32. The van der Waals surface area contributed by atoms with E-state index in [-0.39, 0.29) is 0 Å². The lowest BCUT2D eigenvalue weighted by molar-refractivity contribution is 0.326. The fourth-order valence-corrected chi connectivity index (χ4v) is 5.09. The first-order valence-corrected chi connectivity index (χ1v) is 9.87. The third-order valence-electron chi connectivity index (χ3n) is 4.94. The molecule has 2 atom stereocenters. The molecule has 1 aliphatic carbocycles. The quantitative estimate of drug-likeness (QED) is 0.870. The maximum absolute atomic E-state index is 4.89. The Morgan fingerprint density at radius 3 is 2.95 bits per heavy atom. The maximum Gasteiger partial charge on any atom is 0.0628 e. The number of nitrogens with one attached hydrogen (secondary N) is 1. The smallest absolute Gasteiger partial charge is 0.0628 e. The highest BCUT2D eigenvalue weighted by molar-refractivity contribution is 7.99. The molecule has 2 unspecified atom stereocenters. The molecule has 118 valence electrons. The van der Waals surface area contributed by atoms with Gasteiger partial charge < -0.3 is 5.32 Å². The van der Waals surface area contributed by atoms with Gasteiger partial charge in [-0.05, 0) is 50.0 Å². The van der Waals surface area contributed by atoms with Crippen molar-refractivity contribution in [3.8, 4) is 0 Å². The van der Waals surface area contributed by atoms with Gasteiger partial charge >= 0.3 is 0 Å². The Morgan fingerprint density at radius 2 is 2.14 bits per heavy atom. The van der Waals surface area contributed by atoms with Crippen molar-refractivity contribution in [2.75, 3.05) is 18.1 Å². The van der Waals surface area contributed by atoms with Crippen molar-refractivity contribution >= 4 is 11.8 Å². The summed E-state index contributed by atoms with van der Waals surface area (Å²) in [4.78, 5) is 0. The van der Waals surface area contributed by atoms with Crippen molar-refractivity contribution in [3.05, 3.63) is 18.0 Å². The second kappa shape index (κ2) is 7.68. The monoisotopic (exact) mass is 307 g/mol. The summed E-state index contributed by atoms with van der Waals surface area (Å²) < 4.78 is 2.26. The van der Waals surface area contributed by atoms with E-state index in [0.29, 0.717) is 12.1 Å². The lowest BCUT2D eigenvalue weighted by Crippen LogP contribution is -2.36. The molecule has 0 radical (unpaired) electrons. The molecular formula is C17H29N3S. The van der Waals surface area contributed by atoms with Gasteiger partial charge in [0.25, 0.3) is 0 Å². The summed E-state index contributed by atoms with van der Waals surface area (Å²) >= 11 is 2.10. The molecule has 1 aromatic heterocycles. The van der Waals surface area contributed by atoms with Gasteiger partial charge in [0.05, 0.1) is 11.7 Å². The minimum Gasteiger partial charge on any atom is -0.313 e. The van der Waals surface area contributed by atoms with E-state index in [1.807, 2.05) is 0 Å². The zero-order chi connectivity index (χ0) is 14.5. The number of rotatable bonds is 6. The predicted octanol–water partition coefficient (Wildman–Crippen LogP) is 3.66. The van der Waals surface area contributed by atoms with Crippen LogP contribution in [0.5, 0.6) is 0 Å². The van der Waals surface area contributed by atoms with Crippen LogP contribution in [0.3, 0.4) is 0 Å². The second-order valence-electron chi connectivity index (χ2n) is 6.64. The third kappa shape index (κ3) is 4.04. The van der Waals surface area contributed by atoms with E-state index in [0.717, 1.165) is 18.9 Å². The minimum atomic E-state index is 0.666. The number of thioether (sulfide) groups is 1. The molecule has 0 bridgehead atoms. The standard InChI is InChI=1S/C17H29N3S/c1-2-9-18-17-13-21-12-14(17)11-15-8-10-20(19-15)16-6-4-3-5-7-16/h8,10,14,16-18H,2-7,9,11-13H2,1H3. The van der Waals surface area contributed by atoms with Crippen LogP contribution in [0.4, 0.5) is 0 Å². The van der Waals surface area contributed by atoms with E-state index < -0.39 is 0 Å². The second-order valence-corrected chi connectivity index (χ2v) is 7.72. The van der Waals surface area contributed by atoms with Crippen LogP contribution >= 0.6 is 11.8 Å². The number of nitrogens with zero attached hydrogens (tertiary/aromatic N) is 2. The normalized spacial score (nSPS) is 27.3. The van der Waals surface area contributed by atoms with Crippen LogP contribution in [0.2, 0.25) is 0 Å². The Labute approximate surface area is 133 Å². The molecule has 3 rings (SSSR count). The zero-order valence-corrected chi connectivity index (χ0v) is 14.1. The average Bonchev–Trinajstić information content (AvgIpc) is 3.16. The molecule has 2 fully saturated rings. The average molecular weight is 308 g/mol. The molecule has 1 saturated heterocycles. The van der Waals surface area contributed by atoms with Gasteiger partial charge in [-0.25, -0.2) is 0 Å². The van der Waals surface area contributed by atoms with Gasteiger partial charge in [0.2, 0.25) is 0 Å². The van der Waals surface area contributed by atoms with Crippen LogP contribution in [0.25, 0.3) is 0 Å². The predicted molar refractivity (Wildman–Crippen MR) is 90.9 cm³/mol. The summed E-state index contributed by atoms with van der Waals surface area (Å²) in [6.07, 6.45) is 11.4. The van der Waals surface area contributed by atoms with Crippen molar-refractivity contribution < 1.29 is 0 Å². The summed E-state index contributed by atoms with van der Waals surface area (Å²) in [7, 11) is 0. The van der Waals surface area contributed by atoms with E-state index >= 15 is 0 Å². The van der Waals surface area contributed by atoms with E-state index in [2.05, 4.69) is 40.9 Å². The molecule has 0 amide bonds. The van der Waals surface area contributed by atoms with Crippen LogP contribution < -0.4 is 5.32 Å². The molecule has 1 aliphatic heterocycles. The first kappa shape index (κ1) is 15.4. The first-order valence-electron chi connectivity index (χ1n) is 8.72. The molecule has 2 heterocycles. The fraction of sp³-hybridized carbons (Fsp3) is 0.824. The maximum atomic E-state index is 4.89. The van der Waals surface area contributed by atoms with Crippen LogP contribution in [-0.4, -0.2) is 33.9 Å². The van der Waals surface area contributed by atoms with Crippen molar-refractivity contribution in [1.29, 1.82) is 0 Å². The minimum absolute atomic E-state index is 0.666. The van der Waals surface area contributed by atoms with E-state index in [4.69, 9.17) is 5.10 Å². The molecule has 1 N–H and O–H groups in total. The SMILES string of the molecule is CCCNC1CSCC1Cc1ccn(C2CCCCC2)n1. The molecule has 0 spiro atoms. The number of hydrogen-bond acceptors (Lipinski definition) is 3. The molecular weight excluding hydrogens is 278 g/mol. The van der Waals surface area contributed by atoms with Crippen LogP contribution in [0, 0.1) is 5.92 Å². The van der Waals surface area contributed by atoms with Crippen molar-refractivity contribution in [2.45, 2.75) is 64.0 Å². The Balaban J connectivity index is 1.56. The zero-order valence-electron chi connectivity index (χ0n) is 13.3. The van der Waals surface area contributed by atoms with Gasteiger partial charge in [-0.2, -0.15) is 16.9 Å². The largest absolute Gasteiger partial charge is 0.313 e. The fourth-order valence-electron chi connectivity index (χ4n) is 3.66. The van der Waals surface area contributed by atoms with Gasteiger partial charge in [-0.3, -0.25) is 4.68 Å². The first-order chi connectivity index (χ1) is 10.4. The lowest BCUT2D eigenvalue weighted by atomic mass is 9.96. The van der Waals surface area contributed by atoms with Crippen molar-refractivity contribution in [3.63, 3.8) is 0 Å². The molecule has 1 aromatic rings. The van der Waals surface area contributed by atoms with Gasteiger partial charge in [0.1, 0.15) is 0 Å². The van der Waals surface area contributed by atoms with Crippen LogP contribution in [0.1, 0.15) is 57.2 Å². The molecule has 4 heteroatoms. The molecule has 21 heavy (non-hydrogen) atoms. The van der Waals surface area contributed by atoms with Gasteiger partial charge in [-0.1, -0.05) is 26.2 Å². The van der Waals surface area contributed by atoms with Gasteiger partial charge in [0, 0.05) is 18.0 Å². The Kier molecular flexibility index (Phi) is 5.64. The Hall–Kier alpha value is -0.480. The number of aromatic nitrogens is 2. The summed E-state index contributed by atoms with van der Waals surface area (Å²) in [5, 5.41) is 8.61. The molecule has 0 aromatic carbocycles. The highest BCUT2D eigenvalue weighted by Gasteiger charge is 2.28. The summed E-state index contributed by atoms with van der Waals surface area (Å²) in [6.45, 7) is 3.40. The number of hydrogen-bond donors (Lipinski definition) is 1. The molecule has 3 nitrogen and oxygen atoms in total. The van der Waals surface area contributed by atoms with Crippen molar-refractivity contribution in [1.82, 2.24) is 15.1 Å². The van der Waals surface area contributed by atoms with E-state index in [1.54, 1.807) is 0 Å². The van der Waals surface area contributed by atoms with Crippen molar-refractivity contribution in [2.24, 2.45) is 5.92 Å². The highest BCUT2D eigenvalue weighted by Crippen LogP contribution is 2.29. The Morgan fingerprint density at radius 1 is 1.29 bits per heavy atom.